The van der Waals surface area contributed by atoms with E-state index in [1.54, 1.807) is 0 Å². The summed E-state index contributed by atoms with van der Waals surface area (Å²) in [5, 5.41) is 5.51. The number of fused-ring (bicyclic) bond motifs is 2. The molecule has 0 bridgehead atoms. The number of halogens is 2. The van der Waals surface area contributed by atoms with E-state index in [0.29, 0.717) is 0 Å². The van der Waals surface area contributed by atoms with Crippen LogP contribution in [0, 0.1) is 27.7 Å². The Hall–Kier alpha value is -0.660. The summed E-state index contributed by atoms with van der Waals surface area (Å²) in [4.78, 5) is 0. The number of hydrogen-bond donors (Lipinski definition) is 0. The van der Waals surface area contributed by atoms with Crippen molar-refractivity contribution in [2.45, 2.75) is 66.5 Å². The maximum atomic E-state index is 4.93. The van der Waals surface area contributed by atoms with Gasteiger partial charge in [-0.25, -0.2) is 0 Å². The first-order valence-electron chi connectivity index (χ1n) is 11.3. The van der Waals surface area contributed by atoms with Crippen LogP contribution in [0.3, 0.4) is 0 Å². The third-order valence-corrected chi connectivity index (χ3v) is 6.79. The van der Waals surface area contributed by atoms with E-state index in [4.69, 9.17) is 17.0 Å². The Morgan fingerprint density at radius 2 is 1.09 bits per heavy atom. The van der Waals surface area contributed by atoms with Gasteiger partial charge in [-0.1, -0.05) is 75.9 Å². The van der Waals surface area contributed by atoms with Crippen LogP contribution in [0.1, 0.15) is 48.9 Å². The Kier molecular flexibility index (Phi) is 15.5. The summed E-state index contributed by atoms with van der Waals surface area (Å²) in [5.41, 5.74) is 5.45. The van der Waals surface area contributed by atoms with Crippen LogP contribution in [0.25, 0.3) is 21.5 Å². The monoisotopic (exact) mass is 560 g/mol. The van der Waals surface area contributed by atoms with E-state index in [9.17, 15) is 0 Å². The van der Waals surface area contributed by atoms with Crippen molar-refractivity contribution < 1.29 is 20.8 Å². The van der Waals surface area contributed by atoms with Crippen molar-refractivity contribution >= 4 is 48.1 Å². The standard InChI is InChI=1S/2C11H11.C6H14Si.2ClH.Zr/c2*1-8-6-10-5-3-4-9(2)11(10)7-8;1-3-5-7-6-4-2;;;/h2*3-7H,1-2H3;3-6H2,1-2H3;2*1H;/q2*-1;;;;+4/p-2. The zero-order valence-corrected chi connectivity index (χ0v) is 25.3. The molecule has 4 rings (SSSR count). The molecule has 0 amide bonds. The number of aryl methyl sites for hydroxylation is 4. The number of benzene rings is 2. The first kappa shape index (κ1) is 29.4. The van der Waals surface area contributed by atoms with E-state index in [1.807, 2.05) is 0 Å². The molecular weight excluding hydrogens is 527 g/mol. The Morgan fingerprint density at radius 1 is 0.719 bits per heavy atom. The minimum atomic E-state index is -0.826. The predicted molar refractivity (Wildman–Crippen MR) is 146 cm³/mol. The Morgan fingerprint density at radius 3 is 1.41 bits per heavy atom. The summed E-state index contributed by atoms with van der Waals surface area (Å²) in [6.07, 6.45) is 2.75. The van der Waals surface area contributed by atoms with Crippen molar-refractivity contribution in [1.82, 2.24) is 0 Å². The number of rotatable bonds is 4. The Bertz CT molecular complexity index is 950. The Balaban J connectivity index is 0.000000232. The molecule has 32 heavy (non-hydrogen) atoms. The molecule has 0 aliphatic heterocycles. The fourth-order valence-corrected chi connectivity index (χ4v) is 4.52. The van der Waals surface area contributed by atoms with Gasteiger partial charge in [-0.05, 0) is 13.8 Å². The summed E-state index contributed by atoms with van der Waals surface area (Å²) in [7, 11) is 11.1. The molecule has 0 aliphatic carbocycles. The zero-order chi connectivity index (χ0) is 23.9. The van der Waals surface area contributed by atoms with Gasteiger partial charge >= 0.3 is 37.9 Å². The average molecular weight is 563 g/mol. The molecule has 4 heteroatoms. The molecule has 4 aromatic rings. The summed E-state index contributed by atoms with van der Waals surface area (Å²) < 4.78 is 0. The molecule has 0 aliphatic rings. The molecule has 0 nitrogen and oxygen atoms in total. The summed E-state index contributed by atoms with van der Waals surface area (Å²) in [6.45, 7) is 13.1. The van der Waals surface area contributed by atoms with Crippen LogP contribution in [-0.2, 0) is 20.8 Å². The topological polar surface area (TPSA) is 0 Å². The molecule has 0 N–H and O–H groups in total. The van der Waals surface area contributed by atoms with Gasteiger partial charge in [0, 0.05) is 9.52 Å². The van der Waals surface area contributed by atoms with Crippen molar-refractivity contribution in [3.63, 3.8) is 0 Å². The fraction of sp³-hybridized carbons (Fsp3) is 0.357. The molecule has 0 aromatic heterocycles. The van der Waals surface area contributed by atoms with Gasteiger partial charge in [0.15, 0.2) is 0 Å². The van der Waals surface area contributed by atoms with E-state index in [2.05, 4.69) is 102 Å². The van der Waals surface area contributed by atoms with Gasteiger partial charge in [0.05, 0.1) is 0 Å². The second-order valence-electron chi connectivity index (χ2n) is 8.04. The SMILES string of the molecule is CCC[Si]CCC.Cc1cc2c(C)cccc2[cH-]1.Cc1cc2c(C)cccc2[cH-]1.[Cl][Zr+2][Cl]. The van der Waals surface area contributed by atoms with Crippen LogP contribution >= 0.6 is 17.0 Å². The van der Waals surface area contributed by atoms with Crippen LogP contribution in [0.4, 0.5) is 0 Å². The number of hydrogen-bond acceptors (Lipinski definition) is 0. The van der Waals surface area contributed by atoms with Crippen LogP contribution in [0.15, 0.2) is 60.7 Å². The molecule has 0 saturated heterocycles. The molecular formula is C28H36Cl2SiZr. The molecule has 0 saturated carbocycles. The van der Waals surface area contributed by atoms with Gasteiger partial charge in [0.2, 0.25) is 0 Å². The van der Waals surface area contributed by atoms with E-state index in [0.717, 1.165) is 0 Å². The summed E-state index contributed by atoms with van der Waals surface area (Å²) >= 11 is -0.826. The van der Waals surface area contributed by atoms with Crippen LogP contribution in [0.2, 0.25) is 12.1 Å². The summed E-state index contributed by atoms with van der Waals surface area (Å²) in [6, 6.07) is 24.7. The van der Waals surface area contributed by atoms with Gasteiger partial charge in [-0.15, -0.1) is 69.1 Å². The van der Waals surface area contributed by atoms with E-state index >= 15 is 0 Å². The van der Waals surface area contributed by atoms with Crippen molar-refractivity contribution in [3.8, 4) is 0 Å². The van der Waals surface area contributed by atoms with Gasteiger partial charge in [-0.3, -0.25) is 0 Å². The van der Waals surface area contributed by atoms with E-state index < -0.39 is 20.8 Å². The molecule has 2 radical (unpaired) electrons. The molecule has 0 spiro atoms. The molecule has 0 heterocycles. The van der Waals surface area contributed by atoms with E-state index in [1.165, 1.54) is 78.2 Å². The normalized spacial score (nSPS) is 9.75. The molecule has 170 valence electrons. The van der Waals surface area contributed by atoms with E-state index in [-0.39, 0.29) is 0 Å². The minimum absolute atomic E-state index is 0.826. The quantitative estimate of drug-likeness (QED) is 0.132. The maximum absolute atomic E-state index is 4.93. The van der Waals surface area contributed by atoms with Crippen LogP contribution in [0.5, 0.6) is 0 Å². The average Bonchev–Trinajstić information content (AvgIpc) is 3.33. The van der Waals surface area contributed by atoms with Crippen molar-refractivity contribution in [3.05, 3.63) is 82.9 Å². The molecule has 0 unspecified atom stereocenters. The van der Waals surface area contributed by atoms with Gasteiger partial charge in [-0.2, -0.15) is 12.1 Å². The van der Waals surface area contributed by atoms with Gasteiger partial charge in [0.1, 0.15) is 0 Å². The summed E-state index contributed by atoms with van der Waals surface area (Å²) in [5.74, 6) is 0. The third-order valence-electron chi connectivity index (χ3n) is 5.08. The Labute approximate surface area is 216 Å². The van der Waals surface area contributed by atoms with Gasteiger partial charge < -0.3 is 0 Å². The predicted octanol–water partition coefficient (Wildman–Crippen LogP) is 10.1. The van der Waals surface area contributed by atoms with Crippen molar-refractivity contribution in [1.29, 1.82) is 0 Å². The van der Waals surface area contributed by atoms with Crippen LogP contribution in [-0.4, -0.2) is 9.52 Å². The molecule has 4 aromatic carbocycles. The fourth-order valence-electron chi connectivity index (χ4n) is 3.56. The molecule has 0 fully saturated rings. The second-order valence-corrected chi connectivity index (χ2v) is 13.3. The molecule has 0 atom stereocenters. The second kappa shape index (κ2) is 16.9. The first-order chi connectivity index (χ1) is 15.4. The first-order valence-corrected chi connectivity index (χ1v) is 19.0. The zero-order valence-electron chi connectivity index (χ0n) is 20.4. The third kappa shape index (κ3) is 10.5. The van der Waals surface area contributed by atoms with Crippen molar-refractivity contribution in [2.24, 2.45) is 0 Å². The van der Waals surface area contributed by atoms with Crippen LogP contribution < -0.4 is 0 Å². The van der Waals surface area contributed by atoms with Gasteiger partial charge in [0.25, 0.3) is 0 Å². The van der Waals surface area contributed by atoms with Crippen molar-refractivity contribution in [2.75, 3.05) is 0 Å².